The van der Waals surface area contributed by atoms with Crippen molar-refractivity contribution < 1.29 is 9.53 Å². The highest BCUT2D eigenvalue weighted by Crippen LogP contribution is 2.18. The molecule has 0 atom stereocenters. The number of ether oxygens (including phenoxy) is 1. The molecule has 3 heteroatoms. The molecule has 0 spiro atoms. The highest BCUT2D eigenvalue weighted by atomic mass is 16.5. The average molecular weight is 189 g/mol. The summed E-state index contributed by atoms with van der Waals surface area (Å²) >= 11 is 0. The Bertz CT molecular complexity index is 416. The SMILES string of the molecule is COC(=O)c1c(C)ccc(C#N)c1C. The van der Waals surface area contributed by atoms with Crippen molar-refractivity contribution in [3.63, 3.8) is 0 Å². The van der Waals surface area contributed by atoms with Crippen molar-refractivity contribution in [1.82, 2.24) is 0 Å². The molecule has 1 aromatic carbocycles. The van der Waals surface area contributed by atoms with Gasteiger partial charge in [0.1, 0.15) is 0 Å². The molecular weight excluding hydrogens is 178 g/mol. The van der Waals surface area contributed by atoms with E-state index in [0.29, 0.717) is 16.7 Å². The zero-order valence-electron chi connectivity index (χ0n) is 8.42. The minimum absolute atomic E-state index is 0.392. The number of hydrogen-bond donors (Lipinski definition) is 0. The Hall–Kier alpha value is -1.82. The Morgan fingerprint density at radius 3 is 2.57 bits per heavy atom. The Kier molecular flexibility index (Phi) is 2.88. The van der Waals surface area contributed by atoms with Crippen molar-refractivity contribution >= 4 is 5.97 Å². The summed E-state index contributed by atoms with van der Waals surface area (Å²) in [5.74, 6) is -0.392. The number of carbonyl (C=O) groups excluding carboxylic acids is 1. The first-order valence-electron chi connectivity index (χ1n) is 4.20. The Morgan fingerprint density at radius 2 is 2.07 bits per heavy atom. The summed E-state index contributed by atoms with van der Waals surface area (Å²) < 4.78 is 4.65. The summed E-state index contributed by atoms with van der Waals surface area (Å²) in [5, 5.41) is 8.79. The van der Waals surface area contributed by atoms with Gasteiger partial charge in [-0.25, -0.2) is 4.79 Å². The standard InChI is InChI=1S/C11H11NO2/c1-7-4-5-9(6-12)8(2)10(7)11(13)14-3/h4-5H,1-3H3. The van der Waals surface area contributed by atoms with Gasteiger partial charge in [0, 0.05) is 0 Å². The van der Waals surface area contributed by atoms with Gasteiger partial charge in [0.25, 0.3) is 0 Å². The maximum absolute atomic E-state index is 11.4. The monoisotopic (exact) mass is 189 g/mol. The van der Waals surface area contributed by atoms with Gasteiger partial charge >= 0.3 is 5.97 Å². The molecule has 1 rings (SSSR count). The van der Waals surface area contributed by atoms with Gasteiger partial charge in [-0.2, -0.15) is 5.26 Å². The quantitative estimate of drug-likeness (QED) is 0.634. The molecule has 0 aromatic heterocycles. The lowest BCUT2D eigenvalue weighted by Gasteiger charge is -2.08. The third-order valence-corrected chi connectivity index (χ3v) is 2.18. The Balaban J connectivity index is 3.42. The number of nitriles is 1. The maximum Gasteiger partial charge on any atom is 0.338 e. The van der Waals surface area contributed by atoms with Gasteiger partial charge in [0.05, 0.1) is 24.3 Å². The van der Waals surface area contributed by atoms with Gasteiger partial charge in [0.2, 0.25) is 0 Å². The summed E-state index contributed by atoms with van der Waals surface area (Å²) in [4.78, 5) is 11.4. The second-order valence-corrected chi connectivity index (χ2v) is 3.03. The number of carbonyl (C=O) groups is 1. The van der Waals surface area contributed by atoms with Crippen molar-refractivity contribution in [2.45, 2.75) is 13.8 Å². The van der Waals surface area contributed by atoms with Crippen LogP contribution in [0.2, 0.25) is 0 Å². The van der Waals surface area contributed by atoms with Gasteiger partial charge in [-0.05, 0) is 31.0 Å². The van der Waals surface area contributed by atoms with E-state index in [4.69, 9.17) is 5.26 Å². The smallest absolute Gasteiger partial charge is 0.338 e. The zero-order chi connectivity index (χ0) is 10.7. The van der Waals surface area contributed by atoms with E-state index in [2.05, 4.69) is 4.74 Å². The van der Waals surface area contributed by atoms with E-state index in [0.717, 1.165) is 5.56 Å². The first-order chi connectivity index (χ1) is 6.61. The lowest BCUT2D eigenvalue weighted by atomic mass is 9.98. The first-order valence-corrected chi connectivity index (χ1v) is 4.20. The van der Waals surface area contributed by atoms with E-state index in [9.17, 15) is 4.79 Å². The van der Waals surface area contributed by atoms with E-state index in [1.54, 1.807) is 19.1 Å². The van der Waals surface area contributed by atoms with Gasteiger partial charge in [0.15, 0.2) is 0 Å². The number of nitrogens with zero attached hydrogens (tertiary/aromatic N) is 1. The molecule has 0 N–H and O–H groups in total. The van der Waals surface area contributed by atoms with Crippen LogP contribution in [0.3, 0.4) is 0 Å². The number of hydrogen-bond acceptors (Lipinski definition) is 3. The van der Waals surface area contributed by atoms with Crippen LogP contribution < -0.4 is 0 Å². The highest BCUT2D eigenvalue weighted by molar-refractivity contribution is 5.93. The molecule has 0 aliphatic rings. The number of esters is 1. The molecule has 0 amide bonds. The van der Waals surface area contributed by atoms with Crippen LogP contribution in [0.15, 0.2) is 12.1 Å². The van der Waals surface area contributed by atoms with E-state index in [1.807, 2.05) is 13.0 Å². The van der Waals surface area contributed by atoms with Crippen molar-refractivity contribution in [3.05, 3.63) is 34.4 Å². The molecule has 3 nitrogen and oxygen atoms in total. The minimum atomic E-state index is -0.392. The number of methoxy groups -OCH3 is 1. The number of benzene rings is 1. The molecule has 14 heavy (non-hydrogen) atoms. The van der Waals surface area contributed by atoms with Crippen LogP contribution in [-0.2, 0) is 4.74 Å². The first kappa shape index (κ1) is 10.3. The molecular formula is C11H11NO2. The van der Waals surface area contributed by atoms with Crippen LogP contribution >= 0.6 is 0 Å². The summed E-state index contributed by atoms with van der Waals surface area (Å²) in [7, 11) is 1.33. The second kappa shape index (κ2) is 3.93. The Labute approximate surface area is 82.9 Å². The molecule has 0 bridgehead atoms. The normalized spacial score (nSPS) is 9.29. The zero-order valence-corrected chi connectivity index (χ0v) is 8.42. The number of rotatable bonds is 1. The fourth-order valence-electron chi connectivity index (χ4n) is 1.38. The van der Waals surface area contributed by atoms with Gasteiger partial charge < -0.3 is 4.74 Å². The third kappa shape index (κ3) is 1.60. The molecule has 0 heterocycles. The summed E-state index contributed by atoms with van der Waals surface area (Å²) in [5.41, 5.74) is 2.51. The molecule has 0 saturated heterocycles. The predicted octanol–water partition coefficient (Wildman–Crippen LogP) is 1.96. The van der Waals surface area contributed by atoms with Crippen LogP contribution in [0.4, 0.5) is 0 Å². The number of aryl methyl sites for hydroxylation is 1. The summed E-state index contributed by atoms with van der Waals surface area (Å²) in [6.07, 6.45) is 0. The van der Waals surface area contributed by atoms with Crippen molar-refractivity contribution in [1.29, 1.82) is 5.26 Å². The van der Waals surface area contributed by atoms with Crippen LogP contribution in [-0.4, -0.2) is 13.1 Å². The van der Waals surface area contributed by atoms with Crippen LogP contribution in [0.25, 0.3) is 0 Å². The highest BCUT2D eigenvalue weighted by Gasteiger charge is 2.14. The second-order valence-electron chi connectivity index (χ2n) is 3.03. The van der Waals surface area contributed by atoms with Crippen LogP contribution in [0, 0.1) is 25.2 Å². The lowest BCUT2D eigenvalue weighted by molar-refractivity contribution is 0.0599. The Morgan fingerprint density at radius 1 is 1.43 bits per heavy atom. The maximum atomic E-state index is 11.4. The molecule has 0 saturated carbocycles. The van der Waals surface area contributed by atoms with Crippen LogP contribution in [0.5, 0.6) is 0 Å². The van der Waals surface area contributed by atoms with Crippen LogP contribution in [0.1, 0.15) is 27.0 Å². The molecule has 0 unspecified atom stereocenters. The molecule has 72 valence electrons. The van der Waals surface area contributed by atoms with Crippen molar-refractivity contribution in [2.75, 3.05) is 7.11 Å². The fraction of sp³-hybridized carbons (Fsp3) is 0.273. The third-order valence-electron chi connectivity index (χ3n) is 2.18. The molecule has 1 aromatic rings. The molecule has 0 fully saturated rings. The molecule has 0 aliphatic carbocycles. The largest absolute Gasteiger partial charge is 0.465 e. The minimum Gasteiger partial charge on any atom is -0.465 e. The van der Waals surface area contributed by atoms with E-state index >= 15 is 0 Å². The van der Waals surface area contributed by atoms with E-state index in [-0.39, 0.29) is 0 Å². The summed E-state index contributed by atoms with van der Waals surface area (Å²) in [6.45, 7) is 3.57. The predicted molar refractivity (Wildman–Crippen MR) is 52.0 cm³/mol. The van der Waals surface area contributed by atoms with Gasteiger partial charge in [-0.15, -0.1) is 0 Å². The molecule has 0 aliphatic heterocycles. The van der Waals surface area contributed by atoms with E-state index < -0.39 is 5.97 Å². The fourth-order valence-corrected chi connectivity index (χ4v) is 1.38. The van der Waals surface area contributed by atoms with Gasteiger partial charge in [-0.3, -0.25) is 0 Å². The van der Waals surface area contributed by atoms with Crippen molar-refractivity contribution in [2.24, 2.45) is 0 Å². The van der Waals surface area contributed by atoms with Crippen molar-refractivity contribution in [3.8, 4) is 6.07 Å². The average Bonchev–Trinajstić information content (AvgIpc) is 2.18. The van der Waals surface area contributed by atoms with Gasteiger partial charge in [-0.1, -0.05) is 6.07 Å². The summed E-state index contributed by atoms with van der Waals surface area (Å²) in [6, 6.07) is 5.49. The topological polar surface area (TPSA) is 50.1 Å². The van der Waals surface area contributed by atoms with E-state index in [1.165, 1.54) is 7.11 Å². The molecule has 0 radical (unpaired) electrons. The lowest BCUT2D eigenvalue weighted by Crippen LogP contribution is -2.07.